The Morgan fingerprint density at radius 1 is 1.27 bits per heavy atom. The smallest absolute Gasteiger partial charge is 0.434 e. The molecule has 2 aliphatic rings. The van der Waals surface area contributed by atoms with Crippen LogP contribution in [0.5, 0.6) is 5.88 Å². The first-order valence-electron chi connectivity index (χ1n) is 14.0. The number of aliphatic imine (C=N–C) groups is 1. The standard InChI is InChI=1S/C30H32F3N7O4/c1-16(23-24(18-9-10-18)36-15-37-27(23)43-3)35-12-20-11-21(29(42)44-4)28(41)40(25(20)34)13-17-5-7-19(8-6-17)26-38-22(14-39(26)2)30(31,32)33/h5,7-8,11-12,14-18H,6,9-10,13,34H2,1-4H3. The molecule has 44 heavy (non-hydrogen) atoms. The molecule has 11 nitrogen and oxygen atoms in total. The van der Waals surface area contributed by atoms with Gasteiger partial charge in [0.25, 0.3) is 5.56 Å². The van der Waals surface area contributed by atoms with Gasteiger partial charge in [0.2, 0.25) is 5.88 Å². The van der Waals surface area contributed by atoms with Crippen molar-refractivity contribution in [3.8, 4) is 5.88 Å². The van der Waals surface area contributed by atoms with E-state index in [0.717, 1.165) is 30.3 Å². The first-order chi connectivity index (χ1) is 20.9. The Labute approximate surface area is 251 Å². The number of aromatic nitrogens is 5. The van der Waals surface area contributed by atoms with Gasteiger partial charge < -0.3 is 19.8 Å². The number of alkyl halides is 3. The van der Waals surface area contributed by atoms with Crippen LogP contribution in [0, 0.1) is 5.92 Å². The van der Waals surface area contributed by atoms with Crippen LogP contribution in [-0.4, -0.2) is 50.5 Å². The Morgan fingerprint density at radius 3 is 2.61 bits per heavy atom. The lowest BCUT2D eigenvalue weighted by atomic mass is 9.96. The number of aryl methyl sites for hydroxylation is 1. The molecule has 0 aromatic carbocycles. The van der Waals surface area contributed by atoms with Gasteiger partial charge in [0, 0.05) is 43.1 Å². The molecule has 0 aliphatic heterocycles. The second-order valence-electron chi connectivity index (χ2n) is 10.8. The summed E-state index contributed by atoms with van der Waals surface area (Å²) in [6.07, 6.45) is 6.99. The van der Waals surface area contributed by atoms with E-state index in [9.17, 15) is 22.8 Å². The highest BCUT2D eigenvalue weighted by Gasteiger charge is 2.35. The third kappa shape index (κ3) is 6.15. The number of esters is 1. The minimum atomic E-state index is -4.56. The van der Waals surface area contributed by atoms with Crippen molar-refractivity contribution in [3.63, 3.8) is 0 Å². The van der Waals surface area contributed by atoms with Crippen LogP contribution in [0.3, 0.4) is 0 Å². The highest BCUT2D eigenvalue weighted by molar-refractivity contribution is 5.94. The normalized spacial score (nSPS) is 17.5. The second kappa shape index (κ2) is 12.1. The third-order valence-corrected chi connectivity index (χ3v) is 7.69. The first kappa shape index (κ1) is 30.7. The van der Waals surface area contributed by atoms with E-state index in [4.69, 9.17) is 15.2 Å². The summed E-state index contributed by atoms with van der Waals surface area (Å²) in [5.41, 5.74) is 7.16. The van der Waals surface area contributed by atoms with Crippen molar-refractivity contribution in [2.24, 2.45) is 18.0 Å². The number of anilines is 1. The number of halogens is 3. The van der Waals surface area contributed by atoms with Gasteiger partial charge in [-0.25, -0.2) is 19.7 Å². The van der Waals surface area contributed by atoms with Crippen LogP contribution >= 0.6 is 0 Å². The highest BCUT2D eigenvalue weighted by Crippen LogP contribution is 2.44. The fourth-order valence-corrected chi connectivity index (χ4v) is 5.21. The van der Waals surface area contributed by atoms with E-state index in [1.54, 1.807) is 18.2 Å². The number of carbonyl (C=O) groups is 1. The summed E-state index contributed by atoms with van der Waals surface area (Å²) in [6, 6.07) is 0.932. The lowest BCUT2D eigenvalue weighted by Crippen LogP contribution is -2.32. The molecule has 14 heteroatoms. The van der Waals surface area contributed by atoms with Gasteiger partial charge in [0.05, 0.1) is 31.5 Å². The lowest BCUT2D eigenvalue weighted by molar-refractivity contribution is -0.141. The van der Waals surface area contributed by atoms with Crippen LogP contribution in [0.15, 0.2) is 46.6 Å². The summed E-state index contributed by atoms with van der Waals surface area (Å²) in [5, 5.41) is 0. The zero-order valence-electron chi connectivity index (χ0n) is 24.6. The number of ether oxygens (including phenoxy) is 2. The molecule has 1 saturated carbocycles. The van der Waals surface area contributed by atoms with E-state index < -0.39 is 29.4 Å². The molecule has 3 aromatic rings. The highest BCUT2D eigenvalue weighted by atomic mass is 19.4. The number of rotatable bonds is 9. The van der Waals surface area contributed by atoms with Crippen LogP contribution in [0.4, 0.5) is 19.0 Å². The molecule has 5 rings (SSSR count). The van der Waals surface area contributed by atoms with E-state index in [2.05, 4.69) is 19.9 Å². The zero-order chi connectivity index (χ0) is 31.8. The number of nitrogens with zero attached hydrogens (tertiary/aromatic N) is 6. The molecule has 0 amide bonds. The summed E-state index contributed by atoms with van der Waals surface area (Å²) in [4.78, 5) is 43.0. The Morgan fingerprint density at radius 2 is 2.02 bits per heavy atom. The van der Waals surface area contributed by atoms with Gasteiger partial charge in [-0.3, -0.25) is 14.4 Å². The first-order valence-corrected chi connectivity index (χ1v) is 14.0. The van der Waals surface area contributed by atoms with Crippen LogP contribution < -0.4 is 16.0 Å². The van der Waals surface area contributed by atoms with Gasteiger partial charge in [-0.1, -0.05) is 18.2 Å². The molecule has 0 bridgehead atoms. The molecule has 0 radical (unpaired) electrons. The predicted molar refractivity (Wildman–Crippen MR) is 156 cm³/mol. The number of carbonyl (C=O) groups excluding carboxylic acids is 1. The summed E-state index contributed by atoms with van der Waals surface area (Å²) >= 11 is 0. The molecule has 3 aromatic heterocycles. The molecule has 2 unspecified atom stereocenters. The van der Waals surface area contributed by atoms with Crippen molar-refractivity contribution < 1.29 is 27.4 Å². The Hall–Kier alpha value is -4.75. The molecule has 3 heterocycles. The topological polar surface area (TPSA) is 140 Å². The van der Waals surface area contributed by atoms with Gasteiger partial charge >= 0.3 is 12.1 Å². The summed E-state index contributed by atoms with van der Waals surface area (Å²) in [7, 11) is 4.20. The third-order valence-electron chi connectivity index (χ3n) is 7.69. The number of pyridine rings is 1. The largest absolute Gasteiger partial charge is 0.481 e. The molecular weight excluding hydrogens is 579 g/mol. The molecule has 2 N–H and O–H groups in total. The number of hydrogen-bond donors (Lipinski definition) is 1. The van der Waals surface area contributed by atoms with E-state index in [0.29, 0.717) is 29.4 Å². The second-order valence-corrected chi connectivity index (χ2v) is 10.8. The van der Waals surface area contributed by atoms with Crippen LogP contribution in [0.25, 0.3) is 5.57 Å². The monoisotopic (exact) mass is 611 g/mol. The van der Waals surface area contributed by atoms with Crippen molar-refractivity contribution >= 4 is 23.6 Å². The summed E-state index contributed by atoms with van der Waals surface area (Å²) in [5.74, 6) is -0.0495. The summed E-state index contributed by atoms with van der Waals surface area (Å²) < 4.78 is 52.3. The van der Waals surface area contributed by atoms with Crippen LogP contribution in [-0.2, 0) is 24.5 Å². The van der Waals surface area contributed by atoms with E-state index in [1.165, 1.54) is 49.0 Å². The number of imidazole rings is 1. The van der Waals surface area contributed by atoms with Gasteiger partial charge in [-0.15, -0.1) is 0 Å². The number of hydrogen-bond acceptors (Lipinski definition) is 9. The maximum Gasteiger partial charge on any atom is 0.434 e. The maximum atomic E-state index is 13.4. The summed E-state index contributed by atoms with van der Waals surface area (Å²) in [6.45, 7) is 1.97. The number of methoxy groups -OCH3 is 2. The van der Waals surface area contributed by atoms with Gasteiger partial charge in [0.15, 0.2) is 5.69 Å². The van der Waals surface area contributed by atoms with Crippen LogP contribution in [0.1, 0.15) is 76.8 Å². The quantitative estimate of drug-likeness (QED) is 0.276. The molecule has 232 valence electrons. The molecule has 0 saturated heterocycles. The minimum absolute atomic E-state index is 0.0967. The van der Waals surface area contributed by atoms with Crippen molar-refractivity contribution in [1.29, 1.82) is 0 Å². The van der Waals surface area contributed by atoms with Gasteiger partial charge in [-0.05, 0) is 38.2 Å². The molecule has 2 atom stereocenters. The van der Waals surface area contributed by atoms with Gasteiger partial charge in [-0.2, -0.15) is 13.2 Å². The number of allylic oxidation sites excluding steroid dienone is 4. The Bertz CT molecular complexity index is 1740. The van der Waals surface area contributed by atoms with E-state index in [-0.39, 0.29) is 29.7 Å². The van der Waals surface area contributed by atoms with Crippen molar-refractivity contribution in [1.82, 2.24) is 24.1 Å². The van der Waals surface area contributed by atoms with Gasteiger partial charge in [0.1, 0.15) is 23.5 Å². The minimum Gasteiger partial charge on any atom is -0.481 e. The molecule has 0 spiro atoms. The van der Waals surface area contributed by atoms with E-state index in [1.807, 2.05) is 6.92 Å². The maximum absolute atomic E-state index is 13.4. The van der Waals surface area contributed by atoms with E-state index >= 15 is 0 Å². The lowest BCUT2D eigenvalue weighted by Gasteiger charge is -2.20. The molecule has 1 fully saturated rings. The average molecular weight is 612 g/mol. The van der Waals surface area contributed by atoms with Crippen molar-refractivity contribution in [2.75, 3.05) is 20.0 Å². The number of nitrogen functional groups attached to an aromatic ring is 1. The SMILES string of the molecule is COC(=O)c1cc(C=NC(C)c2c(OC)ncnc2C2CC2)c(N)n(CC2C=CC(c3nc(C(F)(F)F)cn3C)=CC2)c1=O. The number of nitrogens with two attached hydrogens (primary N) is 1. The Kier molecular flexibility index (Phi) is 8.44. The molecular formula is C30H32F3N7O4. The Balaban J connectivity index is 1.43. The zero-order valence-corrected chi connectivity index (χ0v) is 24.6. The fourth-order valence-electron chi connectivity index (χ4n) is 5.21. The van der Waals surface area contributed by atoms with Crippen molar-refractivity contribution in [2.45, 2.75) is 50.9 Å². The van der Waals surface area contributed by atoms with Crippen LogP contribution in [0.2, 0.25) is 0 Å². The van der Waals surface area contributed by atoms with Crippen molar-refractivity contribution in [3.05, 3.63) is 81.1 Å². The average Bonchev–Trinajstić information content (AvgIpc) is 3.78. The predicted octanol–water partition coefficient (Wildman–Crippen LogP) is 4.49. The fraction of sp³-hybridized carbons (Fsp3) is 0.400. The molecule has 2 aliphatic carbocycles.